The van der Waals surface area contributed by atoms with Crippen molar-refractivity contribution in [2.45, 2.75) is 20.0 Å². The van der Waals surface area contributed by atoms with Gasteiger partial charge < -0.3 is 9.84 Å². The Balaban J connectivity index is 2.70. The summed E-state index contributed by atoms with van der Waals surface area (Å²) in [6.45, 7) is 2.02. The van der Waals surface area contributed by atoms with E-state index in [0.717, 1.165) is 16.7 Å². The van der Waals surface area contributed by atoms with Gasteiger partial charge in [0.2, 0.25) is 0 Å². The molecule has 86 valence electrons. The Morgan fingerprint density at radius 1 is 1.50 bits per heavy atom. The molecule has 0 aliphatic rings. The molecule has 0 saturated carbocycles. The van der Waals surface area contributed by atoms with Crippen molar-refractivity contribution in [1.29, 1.82) is 0 Å². The van der Waals surface area contributed by atoms with Gasteiger partial charge in [-0.3, -0.25) is 4.79 Å². The molecular formula is C13H16O3. The second-order valence-corrected chi connectivity index (χ2v) is 3.53. The molecule has 0 amide bonds. The molecular weight excluding hydrogens is 204 g/mol. The highest BCUT2D eigenvalue weighted by Crippen LogP contribution is 2.13. The largest absolute Gasteiger partial charge is 0.469 e. The molecule has 0 saturated heterocycles. The zero-order valence-electron chi connectivity index (χ0n) is 9.56. The van der Waals surface area contributed by atoms with Crippen molar-refractivity contribution in [1.82, 2.24) is 0 Å². The number of carbonyl (C=O) groups is 1. The molecule has 16 heavy (non-hydrogen) atoms. The maximum atomic E-state index is 10.9. The van der Waals surface area contributed by atoms with Crippen LogP contribution >= 0.6 is 0 Å². The molecule has 0 heterocycles. The molecule has 0 aliphatic carbocycles. The van der Waals surface area contributed by atoms with E-state index in [2.05, 4.69) is 4.74 Å². The zero-order valence-corrected chi connectivity index (χ0v) is 9.56. The molecule has 0 unspecified atom stereocenters. The second-order valence-electron chi connectivity index (χ2n) is 3.53. The minimum absolute atomic E-state index is 0.0486. The van der Waals surface area contributed by atoms with Gasteiger partial charge in [0, 0.05) is 0 Å². The summed E-state index contributed by atoms with van der Waals surface area (Å²) in [5.74, 6) is -0.249. The number of aryl methyl sites for hydroxylation is 1. The van der Waals surface area contributed by atoms with Crippen LogP contribution < -0.4 is 0 Å². The first-order valence-corrected chi connectivity index (χ1v) is 5.11. The van der Waals surface area contributed by atoms with Gasteiger partial charge in [-0.2, -0.15) is 0 Å². The minimum Gasteiger partial charge on any atom is -0.469 e. The van der Waals surface area contributed by atoms with Gasteiger partial charge in [0.25, 0.3) is 0 Å². The lowest BCUT2D eigenvalue weighted by atomic mass is 10.0. The summed E-state index contributed by atoms with van der Waals surface area (Å²) >= 11 is 0. The quantitative estimate of drug-likeness (QED) is 0.790. The van der Waals surface area contributed by atoms with Crippen molar-refractivity contribution in [3.63, 3.8) is 0 Å². The molecule has 0 aliphatic heterocycles. The molecule has 0 fully saturated rings. The predicted octanol–water partition coefficient (Wildman–Crippen LogP) is 2.06. The lowest BCUT2D eigenvalue weighted by molar-refractivity contribution is -0.139. The highest BCUT2D eigenvalue weighted by Gasteiger charge is 1.98. The van der Waals surface area contributed by atoms with E-state index in [1.807, 2.05) is 31.2 Å². The third-order valence-electron chi connectivity index (χ3n) is 2.33. The summed E-state index contributed by atoms with van der Waals surface area (Å²) < 4.78 is 4.53. The number of hydrogen-bond acceptors (Lipinski definition) is 3. The van der Waals surface area contributed by atoms with Gasteiger partial charge in [0.1, 0.15) is 0 Å². The molecule has 3 nitrogen and oxygen atoms in total. The Morgan fingerprint density at radius 3 is 2.81 bits per heavy atom. The van der Waals surface area contributed by atoms with E-state index in [4.69, 9.17) is 5.11 Å². The number of ether oxygens (including phenoxy) is 1. The Bertz CT molecular complexity index is 394. The highest BCUT2D eigenvalue weighted by atomic mass is 16.5. The number of esters is 1. The lowest BCUT2D eigenvalue weighted by Crippen LogP contribution is -1.96. The third-order valence-corrected chi connectivity index (χ3v) is 2.33. The van der Waals surface area contributed by atoms with Crippen LogP contribution in [0.3, 0.4) is 0 Å². The van der Waals surface area contributed by atoms with Crippen LogP contribution in [0.5, 0.6) is 0 Å². The summed E-state index contributed by atoms with van der Waals surface area (Å²) in [6, 6.07) is 5.72. The van der Waals surface area contributed by atoms with Crippen LogP contribution in [0.25, 0.3) is 6.08 Å². The maximum absolute atomic E-state index is 10.9. The van der Waals surface area contributed by atoms with Crippen LogP contribution in [0, 0.1) is 6.92 Å². The number of aliphatic hydroxyl groups is 1. The van der Waals surface area contributed by atoms with Gasteiger partial charge in [-0.1, -0.05) is 30.4 Å². The SMILES string of the molecule is COC(=O)CC=Cc1ccc(CO)cc1C. The van der Waals surface area contributed by atoms with E-state index in [-0.39, 0.29) is 19.0 Å². The topological polar surface area (TPSA) is 46.5 Å². The lowest BCUT2D eigenvalue weighted by Gasteiger charge is -2.02. The smallest absolute Gasteiger partial charge is 0.309 e. The fraction of sp³-hybridized carbons (Fsp3) is 0.308. The highest BCUT2D eigenvalue weighted by molar-refractivity contribution is 5.72. The van der Waals surface area contributed by atoms with E-state index in [1.54, 1.807) is 6.08 Å². The van der Waals surface area contributed by atoms with E-state index >= 15 is 0 Å². The predicted molar refractivity (Wildman–Crippen MR) is 62.8 cm³/mol. The van der Waals surface area contributed by atoms with Crippen molar-refractivity contribution < 1.29 is 14.6 Å². The summed E-state index contributed by atoms with van der Waals surface area (Å²) in [4.78, 5) is 10.9. The molecule has 0 radical (unpaired) electrons. The Morgan fingerprint density at radius 2 is 2.25 bits per heavy atom. The van der Waals surface area contributed by atoms with Crippen LogP contribution in [-0.2, 0) is 16.1 Å². The first kappa shape index (κ1) is 12.5. The van der Waals surface area contributed by atoms with Gasteiger partial charge in [0.05, 0.1) is 20.1 Å². The molecule has 0 bridgehead atoms. The number of rotatable bonds is 4. The summed E-state index contributed by atoms with van der Waals surface area (Å²) in [6.07, 6.45) is 3.93. The molecule has 0 spiro atoms. The maximum Gasteiger partial charge on any atom is 0.309 e. The number of benzene rings is 1. The number of aliphatic hydroxyl groups excluding tert-OH is 1. The standard InChI is InChI=1S/C13H16O3/c1-10-8-11(9-14)6-7-12(10)4-3-5-13(15)16-2/h3-4,6-8,14H,5,9H2,1-2H3. The third kappa shape index (κ3) is 3.51. The van der Waals surface area contributed by atoms with Gasteiger partial charge in [0.15, 0.2) is 0 Å². The van der Waals surface area contributed by atoms with E-state index in [9.17, 15) is 4.79 Å². The Kier molecular flexibility index (Phi) is 4.73. The van der Waals surface area contributed by atoms with Crippen LogP contribution in [-0.4, -0.2) is 18.2 Å². The molecule has 1 aromatic rings. The molecule has 1 rings (SSSR count). The van der Waals surface area contributed by atoms with Gasteiger partial charge in [-0.15, -0.1) is 0 Å². The van der Waals surface area contributed by atoms with Crippen LogP contribution in [0.4, 0.5) is 0 Å². The average molecular weight is 220 g/mol. The first-order chi connectivity index (χ1) is 7.67. The summed E-state index contributed by atoms with van der Waals surface area (Å²) in [5, 5.41) is 8.95. The zero-order chi connectivity index (χ0) is 12.0. The van der Waals surface area contributed by atoms with Gasteiger partial charge in [-0.25, -0.2) is 0 Å². The molecule has 1 aromatic carbocycles. The molecule has 0 atom stereocenters. The van der Waals surface area contributed by atoms with E-state index in [0.29, 0.717) is 0 Å². The number of methoxy groups -OCH3 is 1. The fourth-order valence-corrected chi connectivity index (χ4v) is 1.39. The van der Waals surface area contributed by atoms with Crippen LogP contribution in [0.2, 0.25) is 0 Å². The van der Waals surface area contributed by atoms with Crippen molar-refractivity contribution in [2.24, 2.45) is 0 Å². The van der Waals surface area contributed by atoms with Crippen LogP contribution in [0.15, 0.2) is 24.3 Å². The summed E-state index contributed by atoms with van der Waals surface area (Å²) in [7, 11) is 1.37. The fourth-order valence-electron chi connectivity index (χ4n) is 1.39. The van der Waals surface area contributed by atoms with Crippen LogP contribution in [0.1, 0.15) is 23.1 Å². The van der Waals surface area contributed by atoms with Gasteiger partial charge >= 0.3 is 5.97 Å². The normalized spacial score (nSPS) is 10.7. The molecule has 3 heteroatoms. The number of carbonyl (C=O) groups excluding carboxylic acids is 1. The van der Waals surface area contributed by atoms with Gasteiger partial charge in [-0.05, 0) is 23.6 Å². The van der Waals surface area contributed by atoms with Crippen molar-refractivity contribution in [3.05, 3.63) is 41.0 Å². The van der Waals surface area contributed by atoms with Crippen molar-refractivity contribution in [2.75, 3.05) is 7.11 Å². The number of hydrogen-bond donors (Lipinski definition) is 1. The molecule has 1 N–H and O–H groups in total. The monoisotopic (exact) mass is 220 g/mol. The Hall–Kier alpha value is -1.61. The van der Waals surface area contributed by atoms with E-state index in [1.165, 1.54) is 7.11 Å². The molecule has 0 aromatic heterocycles. The van der Waals surface area contributed by atoms with E-state index < -0.39 is 0 Å². The Labute approximate surface area is 95.4 Å². The minimum atomic E-state index is -0.249. The van der Waals surface area contributed by atoms with Crippen molar-refractivity contribution in [3.8, 4) is 0 Å². The summed E-state index contributed by atoms with van der Waals surface area (Å²) in [5.41, 5.74) is 3.01. The van der Waals surface area contributed by atoms with Crippen molar-refractivity contribution >= 4 is 12.0 Å². The first-order valence-electron chi connectivity index (χ1n) is 5.11. The average Bonchev–Trinajstić information content (AvgIpc) is 2.30. The second kappa shape index (κ2) is 6.08.